The van der Waals surface area contributed by atoms with E-state index in [9.17, 15) is 13.2 Å². The van der Waals surface area contributed by atoms with Gasteiger partial charge in [0.05, 0.1) is 28.7 Å². The van der Waals surface area contributed by atoms with Gasteiger partial charge in [0.15, 0.2) is 9.84 Å². The van der Waals surface area contributed by atoms with Crippen LogP contribution >= 0.6 is 0 Å². The molecule has 0 bridgehead atoms. The van der Waals surface area contributed by atoms with Crippen LogP contribution in [0.3, 0.4) is 0 Å². The van der Waals surface area contributed by atoms with E-state index in [-0.39, 0.29) is 10.8 Å². The minimum Gasteiger partial charge on any atom is -0.320 e. The lowest BCUT2D eigenvalue weighted by Crippen LogP contribution is -2.08. The van der Waals surface area contributed by atoms with Gasteiger partial charge in [-0.05, 0) is 26.0 Å². The van der Waals surface area contributed by atoms with Gasteiger partial charge in [0.25, 0.3) is 0 Å². The van der Waals surface area contributed by atoms with Crippen molar-refractivity contribution in [2.75, 3.05) is 11.6 Å². The van der Waals surface area contributed by atoms with Crippen LogP contribution in [0.1, 0.15) is 13.8 Å². The molecule has 7 heteroatoms. The summed E-state index contributed by atoms with van der Waals surface area (Å²) in [5, 5.41) is 6.78. The Morgan fingerprint density at radius 3 is 2.59 bits per heavy atom. The van der Waals surface area contributed by atoms with Crippen molar-refractivity contribution in [2.24, 2.45) is 0 Å². The van der Waals surface area contributed by atoms with Crippen molar-refractivity contribution in [3.63, 3.8) is 0 Å². The molecule has 6 nitrogen and oxygen atoms in total. The molecule has 1 heterocycles. The molecule has 1 aromatic carbocycles. The summed E-state index contributed by atoms with van der Waals surface area (Å²) in [5.41, 5.74) is 1.81. The second kappa shape index (κ2) is 6.15. The average molecular weight is 319 g/mol. The van der Waals surface area contributed by atoms with Crippen molar-refractivity contribution < 1.29 is 13.2 Å². The third-order valence-electron chi connectivity index (χ3n) is 2.78. The van der Waals surface area contributed by atoms with Crippen LogP contribution in [0.25, 0.3) is 5.69 Å². The van der Waals surface area contributed by atoms with E-state index in [2.05, 4.69) is 10.4 Å². The Balaban J connectivity index is 2.34. The maximum atomic E-state index is 11.8. The molecular formula is C15H17N3O3S. The fourth-order valence-electron chi connectivity index (χ4n) is 1.92. The number of carbonyl (C=O) groups is 1. The smallest absolute Gasteiger partial charge is 0.248 e. The summed E-state index contributed by atoms with van der Waals surface area (Å²) in [7, 11) is -3.37. The molecule has 0 fully saturated rings. The Bertz CT molecular complexity index is 831. The summed E-state index contributed by atoms with van der Waals surface area (Å²) in [5.74, 6) is -0.254. The van der Waals surface area contributed by atoms with Crippen LogP contribution in [0.5, 0.6) is 0 Å². The van der Waals surface area contributed by atoms with Crippen molar-refractivity contribution in [3.05, 3.63) is 48.3 Å². The number of anilines is 1. The predicted octanol–water partition coefficient (Wildman–Crippen LogP) is 2.18. The first-order chi connectivity index (χ1) is 10.3. The van der Waals surface area contributed by atoms with Crippen LogP contribution in [0, 0.1) is 0 Å². The Labute approximate surface area is 129 Å². The van der Waals surface area contributed by atoms with Crippen molar-refractivity contribution in [1.82, 2.24) is 9.78 Å². The molecule has 116 valence electrons. The van der Waals surface area contributed by atoms with Crippen LogP contribution in [0.4, 0.5) is 5.69 Å². The van der Waals surface area contributed by atoms with Gasteiger partial charge in [0.2, 0.25) is 5.91 Å². The number of aromatic nitrogens is 2. The number of hydrogen-bond acceptors (Lipinski definition) is 4. The van der Waals surface area contributed by atoms with E-state index < -0.39 is 9.84 Å². The third-order valence-corrected chi connectivity index (χ3v) is 3.93. The number of sulfone groups is 1. The first-order valence-corrected chi connectivity index (χ1v) is 8.46. The monoisotopic (exact) mass is 319 g/mol. The molecule has 2 rings (SSSR count). The number of benzene rings is 1. The predicted molar refractivity (Wildman–Crippen MR) is 84.7 cm³/mol. The maximum Gasteiger partial charge on any atom is 0.248 e. The minimum atomic E-state index is -3.37. The highest BCUT2D eigenvalue weighted by atomic mass is 32.2. The lowest BCUT2D eigenvalue weighted by molar-refractivity contribution is -0.111. The molecule has 0 aliphatic rings. The van der Waals surface area contributed by atoms with Crippen LogP contribution < -0.4 is 5.32 Å². The first kappa shape index (κ1) is 16.0. The number of para-hydroxylation sites is 1. The Morgan fingerprint density at radius 2 is 1.95 bits per heavy atom. The summed E-state index contributed by atoms with van der Waals surface area (Å²) in [6.45, 7) is 3.65. The van der Waals surface area contributed by atoms with Gasteiger partial charge < -0.3 is 5.32 Å². The second-order valence-corrected chi connectivity index (χ2v) is 7.11. The van der Waals surface area contributed by atoms with Crippen molar-refractivity contribution in [1.29, 1.82) is 0 Å². The van der Waals surface area contributed by atoms with Gasteiger partial charge >= 0.3 is 0 Å². The van der Waals surface area contributed by atoms with Gasteiger partial charge in [-0.25, -0.2) is 13.1 Å². The van der Waals surface area contributed by atoms with E-state index in [1.807, 2.05) is 13.8 Å². The molecule has 22 heavy (non-hydrogen) atoms. The zero-order valence-electron chi connectivity index (χ0n) is 12.6. The number of hydrogen-bond donors (Lipinski definition) is 1. The fourth-order valence-corrected chi connectivity index (χ4v) is 2.79. The highest BCUT2D eigenvalue weighted by Crippen LogP contribution is 2.20. The molecule has 1 N–H and O–H groups in total. The molecule has 2 aromatic rings. The summed E-state index contributed by atoms with van der Waals surface area (Å²) < 4.78 is 25.1. The first-order valence-electron chi connectivity index (χ1n) is 6.57. The molecule has 0 aliphatic heterocycles. The van der Waals surface area contributed by atoms with Gasteiger partial charge in [-0.1, -0.05) is 17.7 Å². The number of nitrogens with zero attached hydrogens (tertiary/aromatic N) is 2. The van der Waals surface area contributed by atoms with E-state index >= 15 is 0 Å². The minimum absolute atomic E-state index is 0.181. The Morgan fingerprint density at radius 1 is 1.27 bits per heavy atom. The topological polar surface area (TPSA) is 81.1 Å². The van der Waals surface area contributed by atoms with Crippen molar-refractivity contribution in [3.8, 4) is 5.69 Å². The van der Waals surface area contributed by atoms with Crippen molar-refractivity contribution >= 4 is 21.4 Å². The molecular weight excluding hydrogens is 302 g/mol. The van der Waals surface area contributed by atoms with Crippen LogP contribution in [-0.2, 0) is 14.6 Å². The standard InChI is InChI=1S/C15H17N3O3S/c1-11(2)8-15(19)17-12-9-16-18(10-12)13-6-4-5-7-14(13)22(3,20)21/h4-10H,1-3H3,(H,17,19). The lowest BCUT2D eigenvalue weighted by Gasteiger charge is -2.07. The van der Waals surface area contributed by atoms with Gasteiger partial charge in [0, 0.05) is 12.3 Å². The van der Waals surface area contributed by atoms with Crippen LogP contribution in [-0.4, -0.2) is 30.4 Å². The average Bonchev–Trinajstić information content (AvgIpc) is 2.85. The maximum absolute atomic E-state index is 11.8. The molecule has 0 radical (unpaired) electrons. The SMILES string of the molecule is CC(C)=CC(=O)Nc1cnn(-c2ccccc2S(C)(=O)=O)c1. The highest BCUT2D eigenvalue weighted by molar-refractivity contribution is 7.90. The second-order valence-electron chi connectivity index (χ2n) is 5.12. The summed E-state index contributed by atoms with van der Waals surface area (Å²) in [6.07, 6.45) is 5.66. The van der Waals surface area contributed by atoms with E-state index in [4.69, 9.17) is 0 Å². The molecule has 0 aliphatic carbocycles. The Hall–Kier alpha value is -2.41. The van der Waals surface area contributed by atoms with Crippen LogP contribution in [0.2, 0.25) is 0 Å². The van der Waals surface area contributed by atoms with E-state index in [1.165, 1.54) is 23.0 Å². The normalized spacial score (nSPS) is 11.0. The molecule has 1 amide bonds. The van der Waals surface area contributed by atoms with Crippen molar-refractivity contribution in [2.45, 2.75) is 18.7 Å². The summed E-state index contributed by atoms with van der Waals surface area (Å²) in [4.78, 5) is 11.9. The number of nitrogens with one attached hydrogen (secondary N) is 1. The third kappa shape index (κ3) is 3.82. The molecule has 1 aromatic heterocycles. The number of amides is 1. The van der Waals surface area contributed by atoms with Gasteiger partial charge in [-0.15, -0.1) is 0 Å². The highest BCUT2D eigenvalue weighted by Gasteiger charge is 2.14. The zero-order valence-corrected chi connectivity index (χ0v) is 13.4. The lowest BCUT2D eigenvalue weighted by atomic mass is 10.3. The Kier molecular flexibility index (Phi) is 4.46. The number of allylic oxidation sites excluding steroid dienone is 1. The largest absolute Gasteiger partial charge is 0.320 e. The van der Waals surface area contributed by atoms with Gasteiger partial charge in [0.1, 0.15) is 0 Å². The zero-order chi connectivity index (χ0) is 16.3. The number of rotatable bonds is 4. The molecule has 0 atom stereocenters. The van der Waals surface area contributed by atoms with Gasteiger partial charge in [-0.2, -0.15) is 5.10 Å². The van der Waals surface area contributed by atoms with E-state index in [0.717, 1.165) is 11.8 Å². The quantitative estimate of drug-likeness (QED) is 0.876. The molecule has 0 saturated carbocycles. The fraction of sp³-hybridized carbons (Fsp3) is 0.200. The summed E-state index contributed by atoms with van der Waals surface area (Å²) in [6, 6.07) is 6.56. The van der Waals surface area contributed by atoms with E-state index in [1.54, 1.807) is 24.4 Å². The molecule has 0 unspecified atom stereocenters. The van der Waals surface area contributed by atoms with E-state index in [0.29, 0.717) is 11.4 Å². The number of carbonyl (C=O) groups excluding carboxylic acids is 1. The molecule has 0 saturated heterocycles. The summed E-state index contributed by atoms with van der Waals surface area (Å²) >= 11 is 0. The van der Waals surface area contributed by atoms with Gasteiger partial charge in [-0.3, -0.25) is 4.79 Å². The molecule has 0 spiro atoms. The van der Waals surface area contributed by atoms with Crippen LogP contribution in [0.15, 0.2) is 53.2 Å².